The lowest BCUT2D eigenvalue weighted by molar-refractivity contribution is -0.115. The Kier molecular flexibility index (Phi) is 5.21. The molecule has 0 unspecified atom stereocenters. The van der Waals surface area contributed by atoms with E-state index < -0.39 is 0 Å². The van der Waals surface area contributed by atoms with Gasteiger partial charge in [-0.3, -0.25) is 4.79 Å². The van der Waals surface area contributed by atoms with Crippen molar-refractivity contribution in [3.63, 3.8) is 0 Å². The van der Waals surface area contributed by atoms with Crippen LogP contribution in [-0.2, 0) is 11.2 Å². The molecule has 3 aromatic rings. The average molecular weight is 347 g/mol. The van der Waals surface area contributed by atoms with Gasteiger partial charge in [0.05, 0.1) is 17.8 Å². The first-order valence-electron chi connectivity index (χ1n) is 8.96. The molecule has 0 atom stereocenters. The smallest absolute Gasteiger partial charge is 0.228 e. The van der Waals surface area contributed by atoms with Gasteiger partial charge in [0.2, 0.25) is 5.91 Å². The Labute approximate surface area is 154 Å². The number of rotatable bonds is 5. The first kappa shape index (κ1) is 17.9. The summed E-state index contributed by atoms with van der Waals surface area (Å²) in [6.07, 6.45) is 0.316. The standard InChI is InChI=1S/C22H25N3O/c1-15(2)19-12-8-9-13-21(19)23-22(26)14-20-16(3)24-25(17(20)4)18-10-6-5-7-11-18/h5-13,15H,14H2,1-4H3,(H,23,26). The Morgan fingerprint density at radius 3 is 2.38 bits per heavy atom. The van der Waals surface area contributed by atoms with Gasteiger partial charge < -0.3 is 5.32 Å². The van der Waals surface area contributed by atoms with Gasteiger partial charge in [-0.2, -0.15) is 5.10 Å². The van der Waals surface area contributed by atoms with Crippen LogP contribution >= 0.6 is 0 Å². The number of para-hydroxylation sites is 2. The summed E-state index contributed by atoms with van der Waals surface area (Å²) in [4.78, 5) is 12.7. The van der Waals surface area contributed by atoms with E-state index in [4.69, 9.17) is 0 Å². The number of hydrogen-bond acceptors (Lipinski definition) is 2. The molecule has 26 heavy (non-hydrogen) atoms. The Morgan fingerprint density at radius 1 is 1.04 bits per heavy atom. The molecule has 4 heteroatoms. The molecule has 1 heterocycles. The molecule has 134 valence electrons. The van der Waals surface area contributed by atoms with Gasteiger partial charge in [0, 0.05) is 16.9 Å². The monoisotopic (exact) mass is 347 g/mol. The largest absolute Gasteiger partial charge is 0.326 e. The summed E-state index contributed by atoms with van der Waals surface area (Å²) in [5.74, 6) is 0.340. The van der Waals surface area contributed by atoms with Gasteiger partial charge in [0.1, 0.15) is 0 Å². The van der Waals surface area contributed by atoms with Crippen molar-refractivity contribution in [2.75, 3.05) is 5.32 Å². The quantitative estimate of drug-likeness (QED) is 0.721. The van der Waals surface area contributed by atoms with Crippen LogP contribution in [-0.4, -0.2) is 15.7 Å². The van der Waals surface area contributed by atoms with E-state index in [0.717, 1.165) is 33.9 Å². The van der Waals surface area contributed by atoms with Crippen LogP contribution in [0.25, 0.3) is 5.69 Å². The number of aryl methyl sites for hydroxylation is 1. The number of hydrogen-bond donors (Lipinski definition) is 1. The summed E-state index contributed by atoms with van der Waals surface area (Å²) in [6, 6.07) is 18.0. The molecule has 2 aromatic carbocycles. The van der Waals surface area contributed by atoms with E-state index in [0.29, 0.717) is 12.3 Å². The third kappa shape index (κ3) is 3.69. The minimum atomic E-state index is -0.0167. The number of anilines is 1. The van der Waals surface area contributed by atoms with Crippen LogP contribution in [0, 0.1) is 13.8 Å². The van der Waals surface area contributed by atoms with Crippen LogP contribution < -0.4 is 5.32 Å². The molecular weight excluding hydrogens is 322 g/mol. The number of nitrogens with one attached hydrogen (secondary N) is 1. The van der Waals surface area contributed by atoms with Crippen molar-refractivity contribution in [2.24, 2.45) is 0 Å². The van der Waals surface area contributed by atoms with Gasteiger partial charge in [-0.05, 0) is 43.5 Å². The SMILES string of the molecule is Cc1nn(-c2ccccc2)c(C)c1CC(=O)Nc1ccccc1C(C)C. The lowest BCUT2D eigenvalue weighted by Gasteiger charge is -2.13. The molecule has 0 aliphatic rings. The molecule has 0 spiro atoms. The van der Waals surface area contributed by atoms with Crippen molar-refractivity contribution in [3.8, 4) is 5.69 Å². The van der Waals surface area contributed by atoms with Crippen molar-refractivity contribution in [1.82, 2.24) is 9.78 Å². The van der Waals surface area contributed by atoms with Crippen molar-refractivity contribution >= 4 is 11.6 Å². The number of carbonyl (C=O) groups excluding carboxylic acids is 1. The van der Waals surface area contributed by atoms with Gasteiger partial charge in [-0.25, -0.2) is 4.68 Å². The number of benzene rings is 2. The van der Waals surface area contributed by atoms with Gasteiger partial charge in [0.15, 0.2) is 0 Å². The third-order valence-electron chi connectivity index (χ3n) is 4.64. The van der Waals surface area contributed by atoms with Crippen LogP contribution in [0.2, 0.25) is 0 Å². The molecule has 3 rings (SSSR count). The Morgan fingerprint density at radius 2 is 1.69 bits per heavy atom. The van der Waals surface area contributed by atoms with Gasteiger partial charge in [-0.15, -0.1) is 0 Å². The summed E-state index contributed by atoms with van der Waals surface area (Å²) in [6.45, 7) is 8.22. The highest BCUT2D eigenvalue weighted by molar-refractivity contribution is 5.93. The van der Waals surface area contributed by atoms with E-state index in [1.54, 1.807) is 0 Å². The van der Waals surface area contributed by atoms with Crippen molar-refractivity contribution < 1.29 is 4.79 Å². The van der Waals surface area contributed by atoms with Crippen molar-refractivity contribution in [2.45, 2.75) is 40.0 Å². The van der Waals surface area contributed by atoms with Gasteiger partial charge in [0.25, 0.3) is 0 Å². The van der Waals surface area contributed by atoms with Crippen LogP contribution in [0.5, 0.6) is 0 Å². The fourth-order valence-corrected chi connectivity index (χ4v) is 3.22. The zero-order valence-electron chi connectivity index (χ0n) is 15.8. The molecule has 4 nitrogen and oxygen atoms in total. The average Bonchev–Trinajstić information content (AvgIpc) is 2.91. The summed E-state index contributed by atoms with van der Waals surface area (Å²) in [7, 11) is 0. The van der Waals surface area contributed by atoms with Gasteiger partial charge in [-0.1, -0.05) is 50.2 Å². The Bertz CT molecular complexity index is 910. The van der Waals surface area contributed by atoms with E-state index in [1.807, 2.05) is 67.1 Å². The highest BCUT2D eigenvalue weighted by Crippen LogP contribution is 2.24. The number of nitrogens with zero attached hydrogens (tertiary/aromatic N) is 2. The summed E-state index contributed by atoms with van der Waals surface area (Å²) in [5.41, 5.74) is 5.91. The second-order valence-corrected chi connectivity index (χ2v) is 6.86. The topological polar surface area (TPSA) is 46.9 Å². The number of amides is 1. The Hall–Kier alpha value is -2.88. The maximum atomic E-state index is 12.7. The summed E-state index contributed by atoms with van der Waals surface area (Å²) in [5, 5.41) is 7.69. The molecule has 1 aromatic heterocycles. The highest BCUT2D eigenvalue weighted by atomic mass is 16.1. The molecule has 0 radical (unpaired) electrons. The van der Waals surface area contributed by atoms with Crippen LogP contribution in [0.15, 0.2) is 54.6 Å². The van der Waals surface area contributed by atoms with Crippen LogP contribution in [0.3, 0.4) is 0 Å². The molecule has 1 N–H and O–H groups in total. The number of carbonyl (C=O) groups is 1. The van der Waals surface area contributed by atoms with E-state index in [1.165, 1.54) is 0 Å². The lowest BCUT2D eigenvalue weighted by atomic mass is 10.0. The minimum Gasteiger partial charge on any atom is -0.326 e. The fraction of sp³-hybridized carbons (Fsp3) is 0.273. The molecule has 1 amide bonds. The van der Waals surface area contributed by atoms with Gasteiger partial charge >= 0.3 is 0 Å². The molecule has 0 aliphatic heterocycles. The highest BCUT2D eigenvalue weighted by Gasteiger charge is 2.17. The second-order valence-electron chi connectivity index (χ2n) is 6.86. The molecule has 0 aliphatic carbocycles. The molecule has 0 saturated carbocycles. The molecule has 0 bridgehead atoms. The molecular formula is C22H25N3O. The summed E-state index contributed by atoms with van der Waals surface area (Å²) < 4.78 is 1.90. The third-order valence-corrected chi connectivity index (χ3v) is 4.64. The van der Waals surface area contributed by atoms with E-state index >= 15 is 0 Å². The first-order valence-corrected chi connectivity index (χ1v) is 8.96. The maximum Gasteiger partial charge on any atom is 0.228 e. The lowest BCUT2D eigenvalue weighted by Crippen LogP contribution is -2.16. The predicted molar refractivity (Wildman–Crippen MR) is 106 cm³/mol. The minimum absolute atomic E-state index is 0.0167. The fourth-order valence-electron chi connectivity index (χ4n) is 3.22. The predicted octanol–water partition coefficient (Wildman–Crippen LogP) is 4.79. The van der Waals surface area contributed by atoms with Crippen molar-refractivity contribution in [1.29, 1.82) is 0 Å². The van der Waals surface area contributed by atoms with Crippen molar-refractivity contribution in [3.05, 3.63) is 77.1 Å². The van der Waals surface area contributed by atoms with E-state index in [-0.39, 0.29) is 5.91 Å². The normalized spacial score (nSPS) is 11.0. The Balaban J connectivity index is 1.82. The van der Waals surface area contributed by atoms with E-state index in [2.05, 4.69) is 30.3 Å². The van der Waals surface area contributed by atoms with Crippen LogP contribution in [0.4, 0.5) is 5.69 Å². The summed E-state index contributed by atoms with van der Waals surface area (Å²) >= 11 is 0. The zero-order chi connectivity index (χ0) is 18.7. The van der Waals surface area contributed by atoms with Crippen LogP contribution in [0.1, 0.15) is 42.3 Å². The molecule has 0 fully saturated rings. The molecule has 0 saturated heterocycles. The maximum absolute atomic E-state index is 12.7. The second kappa shape index (κ2) is 7.56. The zero-order valence-corrected chi connectivity index (χ0v) is 15.8. The first-order chi connectivity index (χ1) is 12.5. The number of aromatic nitrogens is 2. The van der Waals surface area contributed by atoms with E-state index in [9.17, 15) is 4.79 Å².